The average molecular weight is 312 g/mol. The van der Waals surface area contributed by atoms with Gasteiger partial charge in [0, 0.05) is 15.9 Å². The third-order valence-electron chi connectivity index (χ3n) is 3.21. The number of halogens is 1. The van der Waals surface area contributed by atoms with Crippen LogP contribution in [0.4, 0.5) is 0 Å². The minimum absolute atomic E-state index is 1.10. The molecular weight excluding hydrogens is 298 g/mol. The first-order chi connectivity index (χ1) is 9.25. The molecule has 0 unspecified atom stereocenters. The van der Waals surface area contributed by atoms with E-state index >= 15 is 0 Å². The molecule has 0 saturated carbocycles. The van der Waals surface area contributed by atoms with Gasteiger partial charge in [-0.05, 0) is 48.9 Å². The van der Waals surface area contributed by atoms with Crippen molar-refractivity contribution in [2.45, 2.75) is 6.92 Å². The van der Waals surface area contributed by atoms with E-state index in [1.807, 2.05) is 12.1 Å². The van der Waals surface area contributed by atoms with Crippen LogP contribution < -0.4 is 0 Å². The van der Waals surface area contributed by atoms with Crippen molar-refractivity contribution >= 4 is 15.9 Å². The minimum Gasteiger partial charge on any atom is -0.314 e. The van der Waals surface area contributed by atoms with Gasteiger partial charge in [0.25, 0.3) is 0 Å². The normalized spacial score (nSPS) is 10.6. The maximum atomic E-state index is 3.54. The second-order valence-corrected chi connectivity index (χ2v) is 5.46. The van der Waals surface area contributed by atoms with Crippen molar-refractivity contribution < 1.29 is 0 Å². The topological polar surface area (TPSA) is 4.93 Å². The highest BCUT2D eigenvalue weighted by atomic mass is 79.9. The Bertz CT molecular complexity index is 698. The summed E-state index contributed by atoms with van der Waals surface area (Å²) in [6, 6.07) is 23.2. The van der Waals surface area contributed by atoms with Gasteiger partial charge in [-0.15, -0.1) is 0 Å². The Morgan fingerprint density at radius 3 is 2.37 bits per heavy atom. The maximum absolute atomic E-state index is 3.54. The Balaban J connectivity index is 2.19. The van der Waals surface area contributed by atoms with Crippen LogP contribution in [-0.4, -0.2) is 4.57 Å². The molecule has 0 saturated heterocycles. The number of rotatable bonds is 2. The number of hydrogen-bond acceptors (Lipinski definition) is 0. The van der Waals surface area contributed by atoms with E-state index in [-0.39, 0.29) is 0 Å². The molecule has 1 aromatic heterocycles. The summed E-state index contributed by atoms with van der Waals surface area (Å²) >= 11 is 3.54. The Morgan fingerprint density at radius 2 is 1.63 bits per heavy atom. The molecular formula is C17H14BrN. The Labute approximate surface area is 121 Å². The minimum atomic E-state index is 1.10. The lowest BCUT2D eigenvalue weighted by Crippen LogP contribution is -1.98. The third-order valence-corrected chi connectivity index (χ3v) is 3.70. The highest BCUT2D eigenvalue weighted by Gasteiger charge is 2.09. The van der Waals surface area contributed by atoms with E-state index in [4.69, 9.17) is 0 Å². The van der Waals surface area contributed by atoms with E-state index < -0.39 is 0 Å². The van der Waals surface area contributed by atoms with Crippen LogP contribution in [0.15, 0.2) is 71.2 Å². The van der Waals surface area contributed by atoms with Gasteiger partial charge < -0.3 is 4.57 Å². The predicted molar refractivity (Wildman–Crippen MR) is 83.6 cm³/mol. The molecule has 94 valence electrons. The number of aromatic nitrogens is 1. The van der Waals surface area contributed by atoms with Crippen LogP contribution in [-0.2, 0) is 0 Å². The van der Waals surface area contributed by atoms with Crippen molar-refractivity contribution in [1.82, 2.24) is 4.57 Å². The van der Waals surface area contributed by atoms with Crippen molar-refractivity contribution in [3.63, 3.8) is 0 Å². The number of benzene rings is 2. The van der Waals surface area contributed by atoms with Gasteiger partial charge in [0.05, 0.1) is 5.69 Å². The molecule has 0 spiro atoms. The fraction of sp³-hybridized carbons (Fsp3) is 0.0588. The molecule has 0 aliphatic rings. The third kappa shape index (κ3) is 2.36. The molecule has 0 aliphatic heterocycles. The largest absolute Gasteiger partial charge is 0.314 e. The van der Waals surface area contributed by atoms with E-state index in [2.05, 4.69) is 82.0 Å². The first kappa shape index (κ1) is 12.2. The number of para-hydroxylation sites is 1. The van der Waals surface area contributed by atoms with Crippen molar-refractivity contribution in [2.75, 3.05) is 0 Å². The van der Waals surface area contributed by atoms with Crippen molar-refractivity contribution in [3.05, 3.63) is 76.9 Å². The van der Waals surface area contributed by atoms with Crippen LogP contribution in [0.25, 0.3) is 16.9 Å². The van der Waals surface area contributed by atoms with E-state index in [0.717, 1.165) is 4.47 Å². The number of aryl methyl sites for hydroxylation is 1. The molecule has 0 N–H and O–H groups in total. The molecule has 0 fully saturated rings. The van der Waals surface area contributed by atoms with Crippen LogP contribution in [0.5, 0.6) is 0 Å². The predicted octanol–water partition coefficient (Wildman–Crippen LogP) is 5.22. The van der Waals surface area contributed by atoms with Gasteiger partial charge >= 0.3 is 0 Å². The first-order valence-electron chi connectivity index (χ1n) is 6.25. The Morgan fingerprint density at radius 1 is 0.842 bits per heavy atom. The van der Waals surface area contributed by atoms with Gasteiger partial charge in [-0.25, -0.2) is 0 Å². The summed E-state index contributed by atoms with van der Waals surface area (Å²) in [5.74, 6) is 0. The molecule has 2 heteroatoms. The lowest BCUT2D eigenvalue weighted by atomic mass is 10.1. The van der Waals surface area contributed by atoms with Crippen molar-refractivity contribution in [2.24, 2.45) is 0 Å². The molecule has 19 heavy (non-hydrogen) atoms. The van der Waals surface area contributed by atoms with Gasteiger partial charge in [-0.2, -0.15) is 0 Å². The highest BCUT2D eigenvalue weighted by Crippen LogP contribution is 2.28. The fourth-order valence-corrected chi connectivity index (χ4v) is 2.73. The van der Waals surface area contributed by atoms with Crippen molar-refractivity contribution in [1.29, 1.82) is 0 Å². The van der Waals surface area contributed by atoms with Crippen LogP contribution >= 0.6 is 15.9 Å². The molecule has 2 aromatic carbocycles. The summed E-state index contributed by atoms with van der Waals surface area (Å²) in [4.78, 5) is 0. The second-order valence-electron chi connectivity index (χ2n) is 4.54. The lowest BCUT2D eigenvalue weighted by molar-refractivity contribution is 1.02. The molecule has 1 nitrogen and oxygen atoms in total. The molecule has 0 amide bonds. The zero-order valence-corrected chi connectivity index (χ0v) is 12.3. The standard InChI is InChI=1S/C17H14BrN/c1-13-10-11-17(14-6-5-7-15(18)12-14)19(13)16-8-3-2-4-9-16/h2-12H,1H3. The summed E-state index contributed by atoms with van der Waals surface area (Å²) in [5.41, 5.74) is 4.86. The first-order valence-corrected chi connectivity index (χ1v) is 7.05. The van der Waals surface area contributed by atoms with Crippen LogP contribution in [0, 0.1) is 6.92 Å². The average Bonchev–Trinajstić information content (AvgIpc) is 2.82. The van der Waals surface area contributed by atoms with Crippen LogP contribution in [0.3, 0.4) is 0 Å². The monoisotopic (exact) mass is 311 g/mol. The molecule has 0 radical (unpaired) electrons. The maximum Gasteiger partial charge on any atom is 0.0531 e. The summed E-state index contributed by atoms with van der Waals surface area (Å²) in [6.45, 7) is 2.13. The Hall–Kier alpha value is -1.80. The summed E-state index contributed by atoms with van der Waals surface area (Å²) in [7, 11) is 0. The molecule has 0 atom stereocenters. The van der Waals surface area contributed by atoms with Crippen LogP contribution in [0.2, 0.25) is 0 Å². The quantitative estimate of drug-likeness (QED) is 0.612. The van der Waals surface area contributed by atoms with E-state index in [1.165, 1.54) is 22.6 Å². The molecule has 3 aromatic rings. The van der Waals surface area contributed by atoms with Crippen LogP contribution in [0.1, 0.15) is 5.69 Å². The zero-order valence-electron chi connectivity index (χ0n) is 10.7. The van der Waals surface area contributed by atoms with Gasteiger partial charge in [0.1, 0.15) is 0 Å². The van der Waals surface area contributed by atoms with Gasteiger partial charge in [-0.1, -0.05) is 46.3 Å². The Kier molecular flexibility index (Phi) is 3.26. The molecule has 0 bridgehead atoms. The summed E-state index contributed by atoms with van der Waals surface area (Å²) < 4.78 is 3.38. The van der Waals surface area contributed by atoms with E-state index in [1.54, 1.807) is 0 Å². The van der Waals surface area contributed by atoms with Gasteiger partial charge in [0.15, 0.2) is 0 Å². The molecule has 0 aliphatic carbocycles. The van der Waals surface area contributed by atoms with Crippen molar-refractivity contribution in [3.8, 4) is 16.9 Å². The summed E-state index contributed by atoms with van der Waals surface area (Å²) in [6.07, 6.45) is 0. The van der Waals surface area contributed by atoms with E-state index in [9.17, 15) is 0 Å². The van der Waals surface area contributed by atoms with Gasteiger partial charge in [-0.3, -0.25) is 0 Å². The molecule has 1 heterocycles. The molecule has 3 rings (SSSR count). The SMILES string of the molecule is Cc1ccc(-c2cccc(Br)c2)n1-c1ccccc1. The zero-order chi connectivity index (χ0) is 13.2. The second kappa shape index (κ2) is 5.06. The highest BCUT2D eigenvalue weighted by molar-refractivity contribution is 9.10. The summed E-state index contributed by atoms with van der Waals surface area (Å²) in [5, 5.41) is 0. The smallest absolute Gasteiger partial charge is 0.0531 e. The fourth-order valence-electron chi connectivity index (χ4n) is 2.33. The number of nitrogens with zero attached hydrogens (tertiary/aromatic N) is 1. The van der Waals surface area contributed by atoms with Gasteiger partial charge in [0.2, 0.25) is 0 Å². The lowest BCUT2D eigenvalue weighted by Gasteiger charge is -2.12. The number of hydrogen-bond donors (Lipinski definition) is 0. The van der Waals surface area contributed by atoms with E-state index in [0.29, 0.717) is 0 Å².